The Morgan fingerprint density at radius 1 is 1.55 bits per heavy atom. The summed E-state index contributed by atoms with van der Waals surface area (Å²) >= 11 is 0. The van der Waals surface area contributed by atoms with Gasteiger partial charge in [-0.05, 0) is 19.3 Å². The van der Waals surface area contributed by atoms with Crippen molar-refractivity contribution < 1.29 is 22.8 Å². The quantitative estimate of drug-likeness (QED) is 0.885. The van der Waals surface area contributed by atoms with Crippen LogP contribution in [-0.2, 0) is 20.6 Å². The van der Waals surface area contributed by atoms with E-state index < -0.39 is 21.9 Å². The molecule has 2 unspecified atom stereocenters. The Labute approximate surface area is 117 Å². The summed E-state index contributed by atoms with van der Waals surface area (Å²) in [5.74, 6) is -1.59. The smallest absolute Gasteiger partial charge is 0.307 e. The molecule has 8 heteroatoms. The van der Waals surface area contributed by atoms with E-state index in [1.54, 1.807) is 13.0 Å². The lowest BCUT2D eigenvalue weighted by Crippen LogP contribution is -2.45. The first-order valence-electron chi connectivity index (χ1n) is 6.40. The molecule has 1 fully saturated rings. The first-order chi connectivity index (χ1) is 9.28. The summed E-state index contributed by atoms with van der Waals surface area (Å²) in [4.78, 5) is 11.1. The molecule has 20 heavy (non-hydrogen) atoms. The number of aryl methyl sites for hydroxylation is 1. The van der Waals surface area contributed by atoms with Crippen LogP contribution in [0.3, 0.4) is 0 Å². The summed E-state index contributed by atoms with van der Waals surface area (Å²) in [7, 11) is -3.59. The van der Waals surface area contributed by atoms with Crippen LogP contribution in [-0.4, -0.2) is 42.0 Å². The predicted molar refractivity (Wildman–Crippen MR) is 70.3 cm³/mol. The molecule has 1 aliphatic heterocycles. The third kappa shape index (κ3) is 3.37. The Balaban J connectivity index is 2.13. The van der Waals surface area contributed by atoms with E-state index in [1.165, 1.54) is 4.31 Å². The Morgan fingerprint density at radius 2 is 2.25 bits per heavy atom. The maximum absolute atomic E-state index is 12.3. The minimum atomic E-state index is -3.59. The highest BCUT2D eigenvalue weighted by Gasteiger charge is 2.35. The second-order valence-corrected chi connectivity index (χ2v) is 7.35. The van der Waals surface area contributed by atoms with Crippen LogP contribution in [0.1, 0.15) is 24.8 Å². The molecule has 112 valence electrons. The highest BCUT2D eigenvalue weighted by molar-refractivity contribution is 7.88. The summed E-state index contributed by atoms with van der Waals surface area (Å²) in [6, 6.07) is 1.57. The van der Waals surface area contributed by atoms with Crippen molar-refractivity contribution in [1.82, 2.24) is 9.46 Å². The molecule has 0 radical (unpaired) electrons. The standard InChI is InChI=1S/C12H18N2O5S/c1-8-3-10(12(15)16)6-14(5-8)20(17,18)7-11-4-9(2)13-19-11/h4,8,10H,3,5-7H2,1-2H3,(H,15,16). The topological polar surface area (TPSA) is 101 Å². The Hall–Kier alpha value is -1.41. The van der Waals surface area contributed by atoms with Crippen LogP contribution in [0.4, 0.5) is 0 Å². The van der Waals surface area contributed by atoms with E-state index >= 15 is 0 Å². The van der Waals surface area contributed by atoms with E-state index in [2.05, 4.69) is 5.16 Å². The number of aliphatic carboxylic acids is 1. The van der Waals surface area contributed by atoms with Crippen molar-refractivity contribution in [3.8, 4) is 0 Å². The average Bonchev–Trinajstić information content (AvgIpc) is 2.73. The molecular formula is C12H18N2O5S. The second-order valence-electron chi connectivity index (χ2n) is 5.38. The maximum Gasteiger partial charge on any atom is 0.307 e. The molecule has 0 aliphatic carbocycles. The molecule has 1 N–H and O–H groups in total. The lowest BCUT2D eigenvalue weighted by Gasteiger charge is -2.33. The largest absolute Gasteiger partial charge is 0.481 e. The predicted octanol–water partition coefficient (Wildman–Crippen LogP) is 0.855. The van der Waals surface area contributed by atoms with Gasteiger partial charge in [0.25, 0.3) is 0 Å². The number of aromatic nitrogens is 1. The molecule has 2 atom stereocenters. The van der Waals surface area contributed by atoms with Gasteiger partial charge in [-0.15, -0.1) is 0 Å². The second kappa shape index (κ2) is 5.53. The highest BCUT2D eigenvalue weighted by atomic mass is 32.2. The van der Waals surface area contributed by atoms with Crippen molar-refractivity contribution in [2.75, 3.05) is 13.1 Å². The first kappa shape index (κ1) is 15.0. The van der Waals surface area contributed by atoms with Crippen molar-refractivity contribution in [2.45, 2.75) is 26.0 Å². The van der Waals surface area contributed by atoms with Crippen LogP contribution in [0.2, 0.25) is 0 Å². The fourth-order valence-electron chi connectivity index (χ4n) is 2.46. The highest BCUT2D eigenvalue weighted by Crippen LogP contribution is 2.25. The zero-order chi connectivity index (χ0) is 14.9. The number of carbonyl (C=O) groups is 1. The van der Waals surface area contributed by atoms with Gasteiger partial charge < -0.3 is 9.63 Å². The summed E-state index contributed by atoms with van der Waals surface area (Å²) in [6.07, 6.45) is 0.503. The van der Waals surface area contributed by atoms with Crippen LogP contribution in [0, 0.1) is 18.8 Å². The molecule has 0 amide bonds. The molecule has 1 aromatic rings. The number of carboxylic acid groups (broad SMARTS) is 1. The molecule has 1 saturated heterocycles. The number of carboxylic acids is 1. The van der Waals surface area contributed by atoms with Crippen molar-refractivity contribution >= 4 is 16.0 Å². The summed E-state index contributed by atoms with van der Waals surface area (Å²) in [6.45, 7) is 3.94. The Morgan fingerprint density at radius 3 is 2.80 bits per heavy atom. The fraction of sp³-hybridized carbons (Fsp3) is 0.667. The third-order valence-corrected chi connectivity index (χ3v) is 5.10. The molecule has 1 aromatic heterocycles. The lowest BCUT2D eigenvalue weighted by atomic mass is 9.92. The molecule has 0 saturated carbocycles. The number of sulfonamides is 1. The van der Waals surface area contributed by atoms with Crippen molar-refractivity contribution in [3.05, 3.63) is 17.5 Å². The van der Waals surface area contributed by atoms with Gasteiger partial charge in [-0.2, -0.15) is 0 Å². The van der Waals surface area contributed by atoms with Gasteiger partial charge in [-0.1, -0.05) is 12.1 Å². The van der Waals surface area contributed by atoms with E-state index in [-0.39, 0.29) is 24.0 Å². The van der Waals surface area contributed by atoms with Crippen molar-refractivity contribution in [1.29, 1.82) is 0 Å². The van der Waals surface area contributed by atoms with Gasteiger partial charge in [0.2, 0.25) is 10.0 Å². The normalized spacial score (nSPS) is 24.7. The van der Waals surface area contributed by atoms with Crippen LogP contribution >= 0.6 is 0 Å². The van der Waals surface area contributed by atoms with Gasteiger partial charge in [-0.25, -0.2) is 12.7 Å². The van der Waals surface area contributed by atoms with Crippen molar-refractivity contribution in [2.24, 2.45) is 11.8 Å². The van der Waals surface area contributed by atoms with Crippen molar-refractivity contribution in [3.63, 3.8) is 0 Å². The van der Waals surface area contributed by atoms with Gasteiger partial charge in [0, 0.05) is 19.2 Å². The molecule has 2 rings (SSSR count). The van der Waals surface area contributed by atoms with Crippen LogP contribution in [0.15, 0.2) is 10.6 Å². The van der Waals surface area contributed by atoms with Gasteiger partial charge in [0.1, 0.15) is 5.75 Å². The molecule has 7 nitrogen and oxygen atoms in total. The van der Waals surface area contributed by atoms with E-state index in [1.807, 2.05) is 6.92 Å². The Kier molecular flexibility index (Phi) is 4.14. The lowest BCUT2D eigenvalue weighted by molar-refractivity contribution is -0.143. The number of rotatable bonds is 4. The summed E-state index contributed by atoms with van der Waals surface area (Å²) in [5, 5.41) is 12.7. The molecular weight excluding hydrogens is 284 g/mol. The molecule has 0 bridgehead atoms. The number of piperidine rings is 1. The van der Waals surface area contributed by atoms with E-state index in [0.717, 1.165) is 0 Å². The zero-order valence-electron chi connectivity index (χ0n) is 11.4. The molecule has 0 spiro atoms. The Bertz CT molecular complexity index is 595. The summed E-state index contributed by atoms with van der Waals surface area (Å²) < 4.78 is 30.8. The van der Waals surface area contributed by atoms with Crippen LogP contribution in [0.5, 0.6) is 0 Å². The third-order valence-electron chi connectivity index (χ3n) is 3.37. The van der Waals surface area contributed by atoms with E-state index in [4.69, 9.17) is 9.63 Å². The van der Waals surface area contributed by atoms with Gasteiger partial charge in [0.05, 0.1) is 11.6 Å². The maximum atomic E-state index is 12.3. The van der Waals surface area contributed by atoms with Gasteiger partial charge >= 0.3 is 5.97 Å². The van der Waals surface area contributed by atoms with Crippen LogP contribution < -0.4 is 0 Å². The average molecular weight is 302 g/mol. The minimum absolute atomic E-state index is 0.0229. The number of nitrogens with zero attached hydrogens (tertiary/aromatic N) is 2. The molecule has 2 heterocycles. The SMILES string of the molecule is Cc1cc(CS(=O)(=O)N2CC(C)CC(C(=O)O)C2)on1. The van der Waals surface area contributed by atoms with Gasteiger partial charge in [-0.3, -0.25) is 4.79 Å². The molecule has 0 aromatic carbocycles. The van der Waals surface area contributed by atoms with E-state index in [0.29, 0.717) is 18.7 Å². The monoisotopic (exact) mass is 302 g/mol. The van der Waals surface area contributed by atoms with E-state index in [9.17, 15) is 13.2 Å². The van der Waals surface area contributed by atoms with Crippen LogP contribution in [0.25, 0.3) is 0 Å². The summed E-state index contributed by atoms with van der Waals surface area (Å²) in [5.41, 5.74) is 0.616. The molecule has 1 aliphatic rings. The minimum Gasteiger partial charge on any atom is -0.481 e. The first-order valence-corrected chi connectivity index (χ1v) is 8.01. The fourth-order valence-corrected chi connectivity index (χ4v) is 4.03. The zero-order valence-corrected chi connectivity index (χ0v) is 12.3. The van der Waals surface area contributed by atoms with Gasteiger partial charge in [0.15, 0.2) is 5.76 Å². The number of hydrogen-bond acceptors (Lipinski definition) is 5. The number of hydrogen-bond donors (Lipinski definition) is 1.